The van der Waals surface area contributed by atoms with Gasteiger partial charge in [-0.2, -0.15) is 4.68 Å². The van der Waals surface area contributed by atoms with Gasteiger partial charge in [0.05, 0.1) is 11.7 Å². The van der Waals surface area contributed by atoms with Gasteiger partial charge in [0.1, 0.15) is 12.1 Å². The molecule has 8 heteroatoms. The molecule has 0 aliphatic heterocycles. The molecule has 0 bridgehead atoms. The second-order valence-corrected chi connectivity index (χ2v) is 5.97. The molecule has 1 saturated carbocycles. The minimum absolute atomic E-state index is 0.0481. The maximum absolute atomic E-state index is 14.7. The van der Waals surface area contributed by atoms with Crippen LogP contribution >= 0.6 is 0 Å². The smallest absolute Gasteiger partial charge is 0.332 e. The van der Waals surface area contributed by atoms with Gasteiger partial charge in [0, 0.05) is 29.1 Å². The topological polar surface area (TPSA) is 95.3 Å². The summed E-state index contributed by atoms with van der Waals surface area (Å²) in [6.07, 6.45) is 7.11. The monoisotopic (exact) mass is 327 g/mol. The van der Waals surface area contributed by atoms with Gasteiger partial charge in [0.15, 0.2) is 0 Å². The molecule has 0 saturated heterocycles. The molecule has 0 radical (unpaired) electrons. The van der Waals surface area contributed by atoms with Gasteiger partial charge in [-0.15, -0.1) is 0 Å². The van der Waals surface area contributed by atoms with Gasteiger partial charge in [-0.3, -0.25) is 9.20 Å². The van der Waals surface area contributed by atoms with Crippen LogP contribution in [0.1, 0.15) is 29.9 Å². The van der Waals surface area contributed by atoms with Crippen molar-refractivity contribution >= 4 is 5.52 Å². The average Bonchev–Trinajstić information content (AvgIpc) is 3.40. The average molecular weight is 327 g/mol. The number of nitrogen functional groups attached to an aromatic ring is 1. The summed E-state index contributed by atoms with van der Waals surface area (Å²) in [5.74, 6) is 5.04. The Balaban J connectivity index is 2.20. The highest BCUT2D eigenvalue weighted by atomic mass is 19.1. The van der Waals surface area contributed by atoms with E-state index in [0.717, 1.165) is 23.4 Å². The molecule has 0 atom stereocenters. The first-order valence-electron chi connectivity index (χ1n) is 7.51. The van der Waals surface area contributed by atoms with Crippen molar-refractivity contribution < 1.29 is 4.39 Å². The highest BCUT2D eigenvalue weighted by Crippen LogP contribution is 2.41. The molecule has 7 nitrogen and oxygen atoms in total. The SMILES string of the molecule is Cc1c(-c2cncnc2)c(F)cn2c(=O)n(N)c(=O)c(C3CC3)c12. The molecule has 2 N–H and O–H groups in total. The van der Waals surface area contributed by atoms with Crippen molar-refractivity contribution in [2.24, 2.45) is 0 Å². The van der Waals surface area contributed by atoms with Gasteiger partial charge in [-0.1, -0.05) is 0 Å². The lowest BCUT2D eigenvalue weighted by Crippen LogP contribution is -2.44. The molecule has 3 heterocycles. The first-order chi connectivity index (χ1) is 11.5. The van der Waals surface area contributed by atoms with Crippen LogP contribution in [0.2, 0.25) is 0 Å². The number of nitrogens with two attached hydrogens (primary N) is 1. The van der Waals surface area contributed by atoms with Crippen LogP contribution in [0, 0.1) is 12.7 Å². The maximum Gasteiger partial charge on any atom is 0.354 e. The number of aromatic nitrogens is 4. The Morgan fingerprint density at radius 2 is 1.92 bits per heavy atom. The van der Waals surface area contributed by atoms with Crippen LogP contribution < -0.4 is 17.1 Å². The van der Waals surface area contributed by atoms with Crippen LogP contribution in [-0.4, -0.2) is 19.0 Å². The van der Waals surface area contributed by atoms with E-state index in [-0.39, 0.29) is 11.5 Å². The zero-order chi connectivity index (χ0) is 17.0. The predicted octanol–water partition coefficient (Wildman–Crippen LogP) is 0.957. The van der Waals surface area contributed by atoms with Crippen LogP contribution in [0.3, 0.4) is 0 Å². The summed E-state index contributed by atoms with van der Waals surface area (Å²) in [7, 11) is 0. The molecule has 1 aliphatic carbocycles. The minimum atomic E-state index is -0.766. The van der Waals surface area contributed by atoms with Gasteiger partial charge in [-0.05, 0) is 31.2 Å². The Bertz CT molecular complexity index is 1080. The summed E-state index contributed by atoms with van der Waals surface area (Å²) < 4.78 is 16.3. The molecule has 0 amide bonds. The fourth-order valence-corrected chi connectivity index (χ4v) is 3.16. The summed E-state index contributed by atoms with van der Waals surface area (Å²) in [4.78, 5) is 32.6. The van der Waals surface area contributed by atoms with Crippen LogP contribution in [-0.2, 0) is 0 Å². The molecule has 3 aromatic rings. The van der Waals surface area contributed by atoms with Gasteiger partial charge < -0.3 is 5.84 Å². The molecule has 24 heavy (non-hydrogen) atoms. The fourth-order valence-electron chi connectivity index (χ4n) is 3.16. The number of hydrogen-bond donors (Lipinski definition) is 1. The summed E-state index contributed by atoms with van der Waals surface area (Å²) >= 11 is 0. The first-order valence-corrected chi connectivity index (χ1v) is 7.51. The van der Waals surface area contributed by atoms with E-state index in [1.165, 1.54) is 18.7 Å². The molecule has 122 valence electrons. The number of halogens is 1. The third-order valence-electron chi connectivity index (χ3n) is 4.40. The highest BCUT2D eigenvalue weighted by Gasteiger charge is 2.32. The molecular weight excluding hydrogens is 313 g/mol. The van der Waals surface area contributed by atoms with E-state index in [2.05, 4.69) is 9.97 Å². The van der Waals surface area contributed by atoms with Crippen molar-refractivity contribution in [2.75, 3.05) is 5.84 Å². The third kappa shape index (κ3) is 1.96. The quantitative estimate of drug-likeness (QED) is 0.707. The number of hydrogen-bond acceptors (Lipinski definition) is 5. The summed E-state index contributed by atoms with van der Waals surface area (Å²) in [5, 5.41) is 0. The van der Waals surface area contributed by atoms with E-state index >= 15 is 0 Å². The van der Waals surface area contributed by atoms with Gasteiger partial charge in [0.2, 0.25) is 0 Å². The van der Waals surface area contributed by atoms with E-state index in [4.69, 9.17) is 5.84 Å². The summed E-state index contributed by atoms with van der Waals surface area (Å²) in [6, 6.07) is 0. The van der Waals surface area contributed by atoms with Gasteiger partial charge >= 0.3 is 5.69 Å². The van der Waals surface area contributed by atoms with Crippen LogP contribution in [0.15, 0.2) is 34.5 Å². The first kappa shape index (κ1) is 14.6. The van der Waals surface area contributed by atoms with Crippen molar-refractivity contribution in [1.82, 2.24) is 19.0 Å². The molecular formula is C16H14FN5O2. The van der Waals surface area contributed by atoms with Crippen LogP contribution in [0.4, 0.5) is 4.39 Å². The number of nitrogens with zero attached hydrogens (tertiary/aromatic N) is 4. The molecule has 0 unspecified atom stereocenters. The van der Waals surface area contributed by atoms with E-state index < -0.39 is 17.1 Å². The zero-order valence-electron chi connectivity index (χ0n) is 12.9. The van der Waals surface area contributed by atoms with E-state index in [1.807, 2.05) is 0 Å². The van der Waals surface area contributed by atoms with E-state index in [9.17, 15) is 14.0 Å². The molecule has 3 aromatic heterocycles. The highest BCUT2D eigenvalue weighted by molar-refractivity contribution is 5.76. The Morgan fingerprint density at radius 1 is 1.25 bits per heavy atom. The maximum atomic E-state index is 14.7. The Kier molecular flexibility index (Phi) is 3.02. The lowest BCUT2D eigenvalue weighted by atomic mass is 9.99. The third-order valence-corrected chi connectivity index (χ3v) is 4.40. The molecule has 1 aliphatic rings. The van der Waals surface area contributed by atoms with Crippen molar-refractivity contribution in [3.8, 4) is 11.1 Å². The molecule has 1 fully saturated rings. The second-order valence-electron chi connectivity index (χ2n) is 5.97. The Morgan fingerprint density at radius 3 is 2.54 bits per heavy atom. The minimum Gasteiger partial charge on any atom is -0.332 e. The summed E-state index contributed by atoms with van der Waals surface area (Å²) in [6.45, 7) is 1.69. The normalized spacial score (nSPS) is 14.2. The summed E-state index contributed by atoms with van der Waals surface area (Å²) in [5.41, 5.74) is 0.876. The lowest BCUT2D eigenvalue weighted by molar-refractivity contribution is 0.615. The van der Waals surface area contributed by atoms with Gasteiger partial charge in [-0.25, -0.2) is 19.2 Å². The second kappa shape index (κ2) is 4.98. The zero-order valence-corrected chi connectivity index (χ0v) is 12.9. The number of aryl methyl sites for hydroxylation is 1. The lowest BCUT2D eigenvalue weighted by Gasteiger charge is -2.15. The fraction of sp³-hybridized carbons (Fsp3) is 0.250. The number of fused-ring (bicyclic) bond motifs is 1. The van der Waals surface area contributed by atoms with Crippen LogP contribution in [0.5, 0.6) is 0 Å². The van der Waals surface area contributed by atoms with E-state index in [1.54, 1.807) is 6.92 Å². The molecule has 0 aromatic carbocycles. The molecule has 0 spiro atoms. The Hall–Kier alpha value is -3.03. The standard InChI is InChI=1S/C16H14FN5O2/c1-8-12(10-4-19-7-20-5-10)11(17)6-21-14(8)13(9-2-3-9)15(23)22(18)16(21)24/h4-7,9H,2-3,18H2,1H3. The van der Waals surface area contributed by atoms with Crippen LogP contribution in [0.25, 0.3) is 16.6 Å². The largest absolute Gasteiger partial charge is 0.354 e. The van der Waals surface area contributed by atoms with Crippen molar-refractivity contribution in [1.29, 1.82) is 0 Å². The predicted molar refractivity (Wildman–Crippen MR) is 85.8 cm³/mol. The van der Waals surface area contributed by atoms with Gasteiger partial charge in [0.25, 0.3) is 5.56 Å². The Labute approximate surface area is 135 Å². The van der Waals surface area contributed by atoms with Crippen molar-refractivity contribution in [2.45, 2.75) is 25.7 Å². The van der Waals surface area contributed by atoms with E-state index in [0.29, 0.717) is 26.9 Å². The van der Waals surface area contributed by atoms with Crippen molar-refractivity contribution in [3.63, 3.8) is 0 Å². The van der Waals surface area contributed by atoms with Crippen molar-refractivity contribution in [3.05, 3.63) is 62.7 Å². The number of pyridine rings is 1. The molecule has 4 rings (SSSR count). The number of rotatable bonds is 2.